The third-order valence-corrected chi connectivity index (χ3v) is 16.9. The van der Waals surface area contributed by atoms with E-state index in [0.29, 0.717) is 29.4 Å². The summed E-state index contributed by atoms with van der Waals surface area (Å²) in [6.07, 6.45) is 6.01. The van der Waals surface area contributed by atoms with E-state index >= 15 is 0 Å². The summed E-state index contributed by atoms with van der Waals surface area (Å²) < 4.78 is 43.8. The van der Waals surface area contributed by atoms with Crippen molar-refractivity contribution in [1.29, 1.82) is 0 Å². The molecule has 4 fully saturated rings. The van der Waals surface area contributed by atoms with Crippen molar-refractivity contribution in [3.05, 3.63) is 58.7 Å². The van der Waals surface area contributed by atoms with Gasteiger partial charge in [-0.05, 0) is 137 Å². The number of ether oxygens (including phenoxy) is 8. The first-order valence-corrected chi connectivity index (χ1v) is 26.7. The molecule has 2 aromatic rings. The van der Waals surface area contributed by atoms with Crippen molar-refractivity contribution < 1.29 is 82.0 Å². The van der Waals surface area contributed by atoms with Gasteiger partial charge in [0.1, 0.15) is 0 Å². The number of nitrogens with zero attached hydrogens (tertiary/aromatic N) is 2. The maximum Gasteiger partial charge on any atom is 0.339 e. The van der Waals surface area contributed by atoms with Crippen LogP contribution in [0.5, 0.6) is 23.0 Å². The van der Waals surface area contributed by atoms with Crippen molar-refractivity contribution in [1.82, 2.24) is 9.80 Å². The van der Waals surface area contributed by atoms with Crippen LogP contribution in [-0.2, 0) is 60.6 Å². The Morgan fingerprint density at radius 1 is 0.641 bits per heavy atom. The summed E-state index contributed by atoms with van der Waals surface area (Å²) in [5.74, 6) is -2.19. The molecule has 19 heteroatoms. The predicted molar refractivity (Wildman–Crippen MR) is 284 cm³/mol. The van der Waals surface area contributed by atoms with E-state index in [4.69, 9.17) is 37.9 Å². The molecule has 19 nitrogen and oxygen atoms in total. The van der Waals surface area contributed by atoms with Gasteiger partial charge in [-0.3, -0.25) is 29.0 Å². The lowest BCUT2D eigenvalue weighted by Crippen LogP contribution is -2.49. The second kappa shape index (κ2) is 22.9. The topological polar surface area (TPSA) is 243 Å². The molecule has 2 aromatic carbocycles. The van der Waals surface area contributed by atoms with E-state index in [9.17, 15) is 44.1 Å². The average molecular weight is 1090 g/mol. The summed E-state index contributed by atoms with van der Waals surface area (Å²) >= 11 is 0. The Kier molecular flexibility index (Phi) is 17.6. The van der Waals surface area contributed by atoms with Gasteiger partial charge < -0.3 is 53.2 Å². The number of hydrogen-bond acceptors (Lipinski definition) is 19. The zero-order chi connectivity index (χ0) is 54.6. The quantitative estimate of drug-likeness (QED) is 0.106. The summed E-state index contributed by atoms with van der Waals surface area (Å²) in [5.41, 5.74) is -2.60. The molecular weight excluding hydrogens is 1010 g/mol. The molecule has 2 aliphatic carbocycles. The summed E-state index contributed by atoms with van der Waals surface area (Å²) in [6.45, 7) is 12.8. The number of carbonyl (C=O) groups excluding carboxylic acids is 6. The Bertz CT molecular complexity index is 2660. The molecule has 0 bridgehead atoms. The van der Waals surface area contributed by atoms with E-state index in [1.807, 2.05) is 51.1 Å². The fourth-order valence-electron chi connectivity index (χ4n) is 13.3. The minimum Gasteiger partial charge on any atom is -0.469 e. The minimum absolute atomic E-state index is 0. The molecule has 78 heavy (non-hydrogen) atoms. The third kappa shape index (κ3) is 11.7. The molecule has 430 valence electrons. The number of hydrogen-bond donors (Lipinski definition) is 3. The highest BCUT2D eigenvalue weighted by Gasteiger charge is 2.63. The maximum absolute atomic E-state index is 13.6. The number of ketones is 2. The van der Waals surface area contributed by atoms with Gasteiger partial charge in [-0.1, -0.05) is 47.8 Å². The molecule has 3 N–H and O–H groups in total. The first-order chi connectivity index (χ1) is 35.9. The van der Waals surface area contributed by atoms with Gasteiger partial charge >= 0.3 is 23.9 Å². The van der Waals surface area contributed by atoms with Crippen molar-refractivity contribution in [2.45, 2.75) is 191 Å². The lowest BCUT2D eigenvalue weighted by Gasteiger charge is -2.39. The smallest absolute Gasteiger partial charge is 0.339 e. The van der Waals surface area contributed by atoms with Gasteiger partial charge in [0.15, 0.2) is 58.0 Å². The van der Waals surface area contributed by atoms with Crippen LogP contribution in [0.25, 0.3) is 0 Å². The van der Waals surface area contributed by atoms with Crippen LogP contribution in [0.1, 0.15) is 161 Å². The Morgan fingerprint density at radius 2 is 1.06 bits per heavy atom. The Morgan fingerprint density at radius 3 is 1.49 bits per heavy atom. The number of fused-ring (bicyclic) bond motifs is 6. The van der Waals surface area contributed by atoms with Crippen LogP contribution in [0.2, 0.25) is 0 Å². The zero-order valence-corrected chi connectivity index (χ0v) is 44.9. The van der Waals surface area contributed by atoms with E-state index in [-0.39, 0.29) is 77.5 Å². The van der Waals surface area contributed by atoms with Gasteiger partial charge in [0.25, 0.3) is 0 Å². The fourth-order valence-corrected chi connectivity index (χ4v) is 13.3. The molecule has 2 saturated carbocycles. The summed E-state index contributed by atoms with van der Waals surface area (Å²) in [5, 5.41) is 32.9. The van der Waals surface area contributed by atoms with Crippen molar-refractivity contribution >= 4 is 35.4 Å². The first kappa shape index (κ1) is 60.0. The molecule has 0 amide bonds. The highest BCUT2D eigenvalue weighted by atomic mass is 16.7. The second-order valence-electron chi connectivity index (χ2n) is 23.8. The van der Waals surface area contributed by atoms with Crippen LogP contribution in [-0.4, -0.2) is 155 Å². The number of esters is 4. The van der Waals surface area contributed by atoms with Crippen LogP contribution < -0.4 is 18.9 Å². The largest absolute Gasteiger partial charge is 0.469 e. The van der Waals surface area contributed by atoms with E-state index in [0.717, 1.165) is 87.0 Å². The first-order valence-electron chi connectivity index (χ1n) is 26.7. The Labute approximate surface area is 458 Å². The van der Waals surface area contributed by atoms with Crippen molar-refractivity contribution in [3.63, 3.8) is 0 Å². The van der Waals surface area contributed by atoms with Crippen LogP contribution in [0.3, 0.4) is 0 Å². The number of allylic oxidation sites excluding steroid dienone is 1. The number of rotatable bonds is 14. The molecule has 8 aliphatic rings. The van der Waals surface area contributed by atoms with Gasteiger partial charge in [-0.15, -0.1) is 0 Å². The molecule has 6 aliphatic heterocycles. The summed E-state index contributed by atoms with van der Waals surface area (Å²) in [7, 11) is 2.38. The summed E-state index contributed by atoms with van der Waals surface area (Å²) in [4.78, 5) is 83.3. The fraction of sp³-hybridized carbons (Fsp3) is 0.661. The predicted octanol–water partition coefficient (Wildman–Crippen LogP) is 6.34. The maximum atomic E-state index is 13.6. The molecule has 10 rings (SSSR count). The average Bonchev–Trinajstić information content (AvgIpc) is 4.22. The molecule has 2 saturated heterocycles. The Balaban J connectivity index is 0.000000220. The highest BCUT2D eigenvalue weighted by molar-refractivity contribution is 5.95. The minimum atomic E-state index is -2.19. The molecular formula is C59H82N2O17. The number of aliphatic hydroxyl groups is 3. The van der Waals surface area contributed by atoms with E-state index in [1.165, 1.54) is 14.2 Å². The SMILES string of the molecule is C.C.COC(=O)C[C@](O)(C/C=C/C(C)(C)C)C(=O)O[C@@H]1C(=O)C[C@]23CCCN2CCc2cc4c(cc2[C@H]13)OCO4.COC(=O)C[C@](O)(CCCC(C)(C)O)C(=O)O[C@@H]1C(=O)C[C@]23CCCN2CCc2cc4c(cc2[C@H]13)OCO4. The van der Waals surface area contributed by atoms with Crippen LogP contribution in [0.15, 0.2) is 36.4 Å². The lowest BCUT2D eigenvalue weighted by atomic mass is 9.78. The van der Waals surface area contributed by atoms with E-state index in [1.54, 1.807) is 19.9 Å². The number of Topliss-reactive ketones (excluding diaryl/α,β-unsaturated/α-hetero) is 2. The van der Waals surface area contributed by atoms with Crippen LogP contribution in [0, 0.1) is 5.41 Å². The molecule has 0 radical (unpaired) electrons. The van der Waals surface area contributed by atoms with Crippen LogP contribution >= 0.6 is 0 Å². The Hall–Kier alpha value is -5.60. The number of carbonyl (C=O) groups is 6. The van der Waals surface area contributed by atoms with Gasteiger partial charge in [0.05, 0.1) is 32.7 Å². The van der Waals surface area contributed by atoms with Gasteiger partial charge in [-0.25, -0.2) is 9.59 Å². The molecule has 6 heterocycles. The van der Waals surface area contributed by atoms with Crippen molar-refractivity contribution in [2.75, 3.05) is 54.0 Å². The van der Waals surface area contributed by atoms with E-state index in [2.05, 4.69) is 9.80 Å². The lowest BCUT2D eigenvalue weighted by molar-refractivity contribution is -0.179. The van der Waals surface area contributed by atoms with Crippen molar-refractivity contribution in [3.8, 4) is 23.0 Å². The van der Waals surface area contributed by atoms with Crippen molar-refractivity contribution in [2.24, 2.45) is 5.41 Å². The third-order valence-electron chi connectivity index (χ3n) is 16.9. The van der Waals surface area contributed by atoms with Crippen LogP contribution in [0.4, 0.5) is 0 Å². The summed E-state index contributed by atoms with van der Waals surface area (Å²) in [6, 6.07) is 7.77. The number of benzene rings is 2. The highest BCUT2D eigenvalue weighted by Crippen LogP contribution is 2.57. The van der Waals surface area contributed by atoms with Gasteiger partial charge in [0, 0.05) is 55.3 Å². The van der Waals surface area contributed by atoms with E-state index < -0.39 is 88.6 Å². The monoisotopic (exact) mass is 1090 g/mol. The number of methoxy groups -OCH3 is 2. The van der Waals surface area contributed by atoms with Gasteiger partial charge in [0.2, 0.25) is 13.6 Å². The second-order valence-corrected chi connectivity index (χ2v) is 23.8. The normalized spacial score (nSPS) is 27.1. The molecule has 0 unspecified atom stereocenters. The molecule has 0 aromatic heterocycles. The molecule has 8 atom stereocenters. The standard InChI is InChI=1S/C29H37NO8.C28H37NO9.2CH4/c1-27(2,3)8-5-10-29(34,16-23(32)35-4)26(33)38-25-20(31)15-28-9-6-11-30(28)12-7-18-13-21-22(37-17-36-21)14-19(18)24(25)28;1-26(2,33)7-4-9-28(34,15-22(31)35-3)25(32)38-24-19(30)14-27-8-5-10-29(27)11-6-17-12-20-21(37-16-36-20)13-18(17)23(24)27;;/h5,8,13-14,24-25,34H,6-7,9-12,15-17H2,1-4H3;12-13,23-24,33-34H,4-11,14-16H2,1-3H3;2*1H4/b8-5+;;;/t24-,25-,28+,29-;23-,24-,27+,28-;;/m11../s1. The molecule has 2 spiro atoms. The zero-order valence-electron chi connectivity index (χ0n) is 44.9. The van der Waals surface area contributed by atoms with Gasteiger partial charge in [-0.2, -0.15) is 0 Å².